The van der Waals surface area contributed by atoms with E-state index in [0.717, 1.165) is 12.1 Å². The molecule has 0 fully saturated rings. The lowest BCUT2D eigenvalue weighted by molar-refractivity contribution is 0.572. The zero-order valence-electron chi connectivity index (χ0n) is 7.47. The molecule has 11 heavy (non-hydrogen) atoms. The molecule has 0 aliphatic carbocycles. The lowest BCUT2D eigenvalue weighted by Gasteiger charge is -1.96. The topological polar surface area (TPSA) is 26.0 Å². The van der Waals surface area contributed by atoms with Crippen molar-refractivity contribution in [3.05, 3.63) is 35.4 Å². The van der Waals surface area contributed by atoms with Crippen LogP contribution in [0.25, 0.3) is 0 Å². The molecule has 1 aromatic rings. The van der Waals surface area contributed by atoms with E-state index in [2.05, 4.69) is 0 Å². The maximum atomic E-state index is 12.8. The summed E-state index contributed by atoms with van der Waals surface area (Å²) in [6, 6.07) is 2.55. The average Bonchev–Trinajstić information content (AvgIpc) is 1.83. The second-order valence-electron chi connectivity index (χ2n) is 1.77. The third-order valence-electron chi connectivity index (χ3n) is 1.09. The van der Waals surface area contributed by atoms with E-state index in [9.17, 15) is 8.78 Å². The number of nitrogens with two attached hydrogens (primary N) is 1. The highest BCUT2D eigenvalue weighted by Crippen LogP contribution is 2.07. The van der Waals surface area contributed by atoms with E-state index >= 15 is 0 Å². The SMILES string of the molecule is Cl.[2H]C([2H])([15NH2])c1ccc(F)cc1F. The summed E-state index contributed by atoms with van der Waals surface area (Å²) in [5.41, 5.74) is 4.63. The fourth-order valence-electron chi connectivity index (χ4n) is 0.607. The summed E-state index contributed by atoms with van der Waals surface area (Å²) >= 11 is 0. The highest BCUT2D eigenvalue weighted by atomic mass is 35.5. The highest BCUT2D eigenvalue weighted by Gasteiger charge is 1.99. The van der Waals surface area contributed by atoms with Crippen molar-refractivity contribution in [2.24, 2.45) is 5.73 Å². The van der Waals surface area contributed by atoms with Gasteiger partial charge in [-0.1, -0.05) is 6.07 Å². The van der Waals surface area contributed by atoms with Crippen molar-refractivity contribution in [2.45, 2.75) is 6.50 Å². The van der Waals surface area contributed by atoms with E-state index in [4.69, 9.17) is 8.48 Å². The first-order chi connectivity index (χ1) is 5.41. The third-order valence-corrected chi connectivity index (χ3v) is 1.09. The molecule has 0 atom stereocenters. The van der Waals surface area contributed by atoms with E-state index in [1.807, 2.05) is 0 Å². The van der Waals surface area contributed by atoms with Gasteiger partial charge in [-0.3, -0.25) is 0 Å². The van der Waals surface area contributed by atoms with Gasteiger partial charge in [-0.2, -0.15) is 0 Å². The Bertz CT molecular complexity index is 301. The largest absolute Gasteiger partial charge is 0.326 e. The van der Waals surface area contributed by atoms with Gasteiger partial charge in [-0.15, -0.1) is 12.4 Å². The van der Waals surface area contributed by atoms with Crippen LogP contribution in [0.1, 0.15) is 8.30 Å². The van der Waals surface area contributed by atoms with E-state index in [1.165, 1.54) is 0 Å². The molecule has 0 spiro atoms. The van der Waals surface area contributed by atoms with Crippen molar-refractivity contribution in [1.82, 2.24) is 0 Å². The Morgan fingerprint density at radius 3 is 2.55 bits per heavy atom. The van der Waals surface area contributed by atoms with Crippen molar-refractivity contribution in [2.75, 3.05) is 0 Å². The number of benzene rings is 1. The van der Waals surface area contributed by atoms with Crippen LogP contribution in [0, 0.1) is 11.6 Å². The van der Waals surface area contributed by atoms with Crippen molar-refractivity contribution >= 4 is 12.4 Å². The summed E-state index contributed by atoms with van der Waals surface area (Å²) in [5.74, 6) is -1.72. The van der Waals surface area contributed by atoms with Gasteiger partial charge in [0.2, 0.25) is 0 Å². The van der Waals surface area contributed by atoms with Crippen LogP contribution in [0.2, 0.25) is 0 Å². The fraction of sp³-hybridized carbons (Fsp3) is 0.143. The van der Waals surface area contributed by atoms with Crippen LogP contribution in [0.5, 0.6) is 0 Å². The lowest BCUT2D eigenvalue weighted by Crippen LogP contribution is -1.99. The summed E-state index contributed by atoms with van der Waals surface area (Å²) in [5, 5.41) is 0. The molecule has 0 aliphatic heterocycles. The summed E-state index contributed by atoms with van der Waals surface area (Å²) < 4.78 is 39.1. The minimum Gasteiger partial charge on any atom is -0.326 e. The van der Waals surface area contributed by atoms with Crippen molar-refractivity contribution < 1.29 is 11.5 Å². The minimum atomic E-state index is -2.27. The van der Waals surface area contributed by atoms with E-state index in [-0.39, 0.29) is 18.0 Å². The van der Waals surface area contributed by atoms with Crippen LogP contribution in [-0.2, 0) is 6.50 Å². The molecular formula is C7H8ClF2N. The van der Waals surface area contributed by atoms with E-state index in [1.54, 1.807) is 0 Å². The van der Waals surface area contributed by atoms with Gasteiger partial charge >= 0.3 is 0 Å². The van der Waals surface area contributed by atoms with Crippen molar-refractivity contribution in [1.29, 1.82) is 0 Å². The molecule has 1 aromatic carbocycles. The molecular weight excluding hydrogens is 173 g/mol. The summed E-state index contributed by atoms with van der Waals surface area (Å²) in [7, 11) is 0. The van der Waals surface area contributed by atoms with Gasteiger partial charge in [0.05, 0.1) is 0 Å². The molecule has 0 heterocycles. The Labute approximate surface area is 72.4 Å². The molecule has 62 valence electrons. The van der Waals surface area contributed by atoms with Gasteiger partial charge in [0.25, 0.3) is 0 Å². The van der Waals surface area contributed by atoms with Crippen LogP contribution < -0.4 is 5.73 Å². The Kier molecular flexibility index (Phi) is 2.71. The number of halogens is 3. The summed E-state index contributed by atoms with van der Waals surface area (Å²) in [6.07, 6.45) is 0. The Hall–Kier alpha value is -0.670. The zero-order chi connectivity index (χ0) is 9.35. The quantitative estimate of drug-likeness (QED) is 0.659. The fourth-order valence-corrected chi connectivity index (χ4v) is 0.607. The van der Waals surface area contributed by atoms with Crippen molar-refractivity contribution in [3.8, 4) is 0 Å². The molecule has 4 heteroatoms. The van der Waals surface area contributed by atoms with Gasteiger partial charge in [0.1, 0.15) is 11.6 Å². The third kappa shape index (κ3) is 2.44. The average molecular weight is 183 g/mol. The van der Waals surface area contributed by atoms with E-state index < -0.39 is 18.1 Å². The molecule has 0 saturated carbocycles. The summed E-state index contributed by atoms with van der Waals surface area (Å²) in [6.45, 7) is -2.27. The molecule has 0 bridgehead atoms. The Morgan fingerprint density at radius 1 is 1.45 bits per heavy atom. The summed E-state index contributed by atoms with van der Waals surface area (Å²) in [4.78, 5) is 0. The molecule has 0 saturated heterocycles. The van der Waals surface area contributed by atoms with Crippen LogP contribution >= 0.6 is 12.4 Å². The zero-order valence-corrected chi connectivity index (χ0v) is 6.29. The molecule has 2 N–H and O–H groups in total. The monoisotopic (exact) mass is 182 g/mol. The predicted octanol–water partition coefficient (Wildman–Crippen LogP) is 1.85. The number of rotatable bonds is 1. The number of hydrogen-bond donors (Lipinski definition) is 1. The van der Waals surface area contributed by atoms with Gasteiger partial charge in [0.15, 0.2) is 0 Å². The smallest absolute Gasteiger partial charge is 0.130 e. The molecule has 0 aromatic heterocycles. The van der Waals surface area contributed by atoms with Gasteiger partial charge in [-0.25, -0.2) is 8.78 Å². The molecule has 1 rings (SSSR count). The van der Waals surface area contributed by atoms with Gasteiger partial charge in [-0.05, 0) is 6.07 Å². The molecule has 0 amide bonds. The predicted molar refractivity (Wildman–Crippen MR) is 41.5 cm³/mol. The van der Waals surface area contributed by atoms with Gasteiger partial charge < -0.3 is 5.73 Å². The second kappa shape index (κ2) is 4.26. The van der Waals surface area contributed by atoms with Crippen LogP contribution in [0.3, 0.4) is 0 Å². The first-order valence-electron chi connectivity index (χ1n) is 3.65. The molecule has 0 aliphatic rings. The second-order valence-corrected chi connectivity index (χ2v) is 1.77. The van der Waals surface area contributed by atoms with Crippen LogP contribution in [-0.4, -0.2) is 0 Å². The van der Waals surface area contributed by atoms with E-state index in [0.29, 0.717) is 6.07 Å². The Balaban J connectivity index is 0.00000144. The standard InChI is InChI=1S/C7H7F2N.ClH/c8-6-2-1-5(4-10)7(9)3-6;/h1-3H,4,10H2;1H/i4D2,10+1;. The maximum Gasteiger partial charge on any atom is 0.130 e. The molecule has 1 nitrogen and oxygen atoms in total. The lowest BCUT2D eigenvalue weighted by atomic mass is 10.2. The number of hydrogen-bond acceptors (Lipinski definition) is 1. The normalized spacial score (nSPS) is 13.0. The van der Waals surface area contributed by atoms with Crippen molar-refractivity contribution in [3.63, 3.8) is 0 Å². The minimum absolute atomic E-state index is 0. The first kappa shape index (κ1) is 7.00. The highest BCUT2D eigenvalue weighted by molar-refractivity contribution is 5.85. The molecule has 0 radical (unpaired) electrons. The van der Waals surface area contributed by atoms with Gasteiger partial charge in [0, 0.05) is 20.9 Å². The first-order valence-corrected chi connectivity index (χ1v) is 2.65. The molecule has 0 unspecified atom stereocenters. The van der Waals surface area contributed by atoms with Crippen LogP contribution in [0.4, 0.5) is 8.78 Å². The Morgan fingerprint density at radius 2 is 2.09 bits per heavy atom. The van der Waals surface area contributed by atoms with Crippen LogP contribution in [0.15, 0.2) is 18.2 Å². The maximum absolute atomic E-state index is 12.8.